The third kappa shape index (κ3) is 6.39. The predicted octanol–water partition coefficient (Wildman–Crippen LogP) is 3.58. The third-order valence-corrected chi connectivity index (χ3v) is 7.85. The summed E-state index contributed by atoms with van der Waals surface area (Å²) < 4.78 is 22.4. The summed E-state index contributed by atoms with van der Waals surface area (Å²) in [6, 6.07) is 3.69. The molecule has 3 unspecified atom stereocenters. The molecule has 1 N–H and O–H groups in total. The number of esters is 1. The van der Waals surface area contributed by atoms with Crippen molar-refractivity contribution in [3.63, 3.8) is 0 Å². The van der Waals surface area contributed by atoms with Crippen molar-refractivity contribution in [1.29, 1.82) is 0 Å². The SMILES string of the molecule is COC(=O)C1C[C@@H]2CN1C(=O)C(C(C)(C)C)NC(=O)O[C@@H]1CC1C/C=C/CCc1nc3ccc(OC)cc3nc1O2. The Bertz CT molecular complexity index is 1350. The number of carbonyl (C=O) groups is 3. The Hall–Kier alpha value is -3.89. The van der Waals surface area contributed by atoms with E-state index in [4.69, 9.17) is 28.9 Å². The molecule has 0 spiro atoms. The van der Waals surface area contributed by atoms with Crippen molar-refractivity contribution < 1.29 is 33.3 Å². The second-order valence-corrected chi connectivity index (χ2v) is 12.0. The lowest BCUT2D eigenvalue weighted by Crippen LogP contribution is -2.57. The fraction of sp³-hybridized carbons (Fsp3) is 0.567. The second kappa shape index (κ2) is 11.5. The van der Waals surface area contributed by atoms with Crippen LogP contribution in [0.25, 0.3) is 11.0 Å². The molecule has 1 aliphatic carbocycles. The molecular formula is C30H38N4O7. The van der Waals surface area contributed by atoms with Crippen molar-refractivity contribution in [2.45, 2.75) is 77.2 Å². The van der Waals surface area contributed by atoms with Crippen LogP contribution in [0.2, 0.25) is 0 Å². The van der Waals surface area contributed by atoms with Gasteiger partial charge in [0, 0.05) is 18.4 Å². The molecule has 1 saturated heterocycles. The largest absolute Gasteiger partial charge is 0.497 e. The average molecular weight is 567 g/mol. The predicted molar refractivity (Wildman–Crippen MR) is 149 cm³/mol. The molecule has 11 nitrogen and oxygen atoms in total. The number of allylic oxidation sites excluding steroid dienone is 2. The molecule has 1 saturated carbocycles. The minimum Gasteiger partial charge on any atom is -0.497 e. The Morgan fingerprint density at radius 2 is 1.88 bits per heavy atom. The zero-order valence-corrected chi connectivity index (χ0v) is 24.2. The van der Waals surface area contributed by atoms with Crippen LogP contribution in [0.5, 0.6) is 11.6 Å². The maximum absolute atomic E-state index is 13.9. The third-order valence-electron chi connectivity index (χ3n) is 7.85. The Balaban J connectivity index is 1.51. The van der Waals surface area contributed by atoms with Crippen LogP contribution in [-0.4, -0.2) is 77.9 Å². The van der Waals surface area contributed by atoms with Gasteiger partial charge in [-0.25, -0.2) is 19.6 Å². The van der Waals surface area contributed by atoms with Gasteiger partial charge in [-0.3, -0.25) is 4.79 Å². The Morgan fingerprint density at radius 3 is 2.61 bits per heavy atom. The van der Waals surface area contributed by atoms with E-state index in [0.717, 1.165) is 24.8 Å². The molecule has 2 aromatic rings. The average Bonchev–Trinajstić information content (AvgIpc) is 3.53. The van der Waals surface area contributed by atoms with Crippen LogP contribution in [-0.2, 0) is 25.5 Å². The number of amides is 2. The van der Waals surface area contributed by atoms with Gasteiger partial charge in [0.15, 0.2) is 0 Å². The quantitative estimate of drug-likeness (QED) is 0.428. The summed E-state index contributed by atoms with van der Waals surface area (Å²) in [7, 11) is 2.88. The number of carbonyl (C=O) groups excluding carboxylic acids is 3. The number of hydrogen-bond acceptors (Lipinski definition) is 9. The lowest BCUT2D eigenvalue weighted by molar-refractivity contribution is -0.152. The smallest absolute Gasteiger partial charge is 0.408 e. The first-order valence-corrected chi connectivity index (χ1v) is 14.1. The van der Waals surface area contributed by atoms with Gasteiger partial charge in [-0.1, -0.05) is 32.9 Å². The van der Waals surface area contributed by atoms with Gasteiger partial charge >= 0.3 is 12.1 Å². The lowest BCUT2D eigenvalue weighted by atomic mass is 9.85. The molecule has 2 aliphatic heterocycles. The van der Waals surface area contributed by atoms with Gasteiger partial charge in [-0.05, 0) is 43.2 Å². The molecular weight excluding hydrogens is 528 g/mol. The fourth-order valence-electron chi connectivity index (χ4n) is 5.41. The van der Waals surface area contributed by atoms with E-state index >= 15 is 0 Å². The van der Waals surface area contributed by atoms with Gasteiger partial charge < -0.3 is 29.2 Å². The number of methoxy groups -OCH3 is 2. The van der Waals surface area contributed by atoms with E-state index in [9.17, 15) is 14.4 Å². The number of benzene rings is 1. The van der Waals surface area contributed by atoms with Gasteiger partial charge in [0.1, 0.15) is 35.7 Å². The molecule has 220 valence electrons. The van der Waals surface area contributed by atoms with Crippen LogP contribution in [0, 0.1) is 11.3 Å². The molecule has 0 radical (unpaired) electrons. The summed E-state index contributed by atoms with van der Waals surface area (Å²) in [4.78, 5) is 50.7. The second-order valence-electron chi connectivity index (χ2n) is 12.0. The summed E-state index contributed by atoms with van der Waals surface area (Å²) in [5.41, 5.74) is 1.38. The summed E-state index contributed by atoms with van der Waals surface area (Å²) in [6.07, 6.45) is 5.93. The van der Waals surface area contributed by atoms with Gasteiger partial charge in [-0.15, -0.1) is 0 Å². The van der Waals surface area contributed by atoms with Gasteiger partial charge in [0.05, 0.1) is 31.8 Å². The fourth-order valence-corrected chi connectivity index (χ4v) is 5.41. The highest BCUT2D eigenvalue weighted by atomic mass is 16.6. The highest BCUT2D eigenvalue weighted by Crippen LogP contribution is 2.37. The normalized spacial score (nSPS) is 27.7. The van der Waals surface area contributed by atoms with Crippen molar-refractivity contribution in [2.75, 3.05) is 20.8 Å². The molecule has 3 aliphatic rings. The maximum atomic E-state index is 13.9. The van der Waals surface area contributed by atoms with Gasteiger partial charge in [0.2, 0.25) is 11.8 Å². The maximum Gasteiger partial charge on any atom is 0.408 e. The van der Waals surface area contributed by atoms with Crippen molar-refractivity contribution in [3.05, 3.63) is 36.0 Å². The van der Waals surface area contributed by atoms with Crippen molar-refractivity contribution in [2.24, 2.45) is 11.3 Å². The van der Waals surface area contributed by atoms with E-state index in [1.54, 1.807) is 13.2 Å². The molecule has 2 amide bonds. The lowest BCUT2D eigenvalue weighted by Gasteiger charge is -2.34. The highest BCUT2D eigenvalue weighted by molar-refractivity contribution is 5.91. The minimum atomic E-state index is -0.930. The topological polar surface area (TPSA) is 129 Å². The van der Waals surface area contributed by atoms with E-state index in [-0.39, 0.29) is 25.0 Å². The molecule has 1 aromatic carbocycles. The van der Waals surface area contributed by atoms with E-state index in [1.807, 2.05) is 32.9 Å². The number of nitrogens with one attached hydrogen (secondary N) is 1. The first kappa shape index (κ1) is 28.6. The van der Waals surface area contributed by atoms with Crippen LogP contribution in [0.3, 0.4) is 0 Å². The number of nitrogens with zero attached hydrogens (tertiary/aromatic N) is 3. The molecule has 2 bridgehead atoms. The van der Waals surface area contributed by atoms with E-state index in [2.05, 4.69) is 17.5 Å². The van der Waals surface area contributed by atoms with Crippen LogP contribution in [0.1, 0.15) is 52.1 Å². The van der Waals surface area contributed by atoms with E-state index < -0.39 is 41.6 Å². The first-order valence-electron chi connectivity index (χ1n) is 14.1. The van der Waals surface area contributed by atoms with Crippen LogP contribution in [0.4, 0.5) is 4.79 Å². The number of rotatable bonds is 2. The molecule has 1 aromatic heterocycles. The molecule has 3 heterocycles. The minimum absolute atomic E-state index is 0.115. The van der Waals surface area contributed by atoms with E-state index in [1.165, 1.54) is 12.0 Å². The summed E-state index contributed by atoms with van der Waals surface area (Å²) >= 11 is 0. The Morgan fingerprint density at radius 1 is 1.07 bits per heavy atom. The number of alkyl carbamates (subject to hydrolysis) is 1. The summed E-state index contributed by atoms with van der Waals surface area (Å²) in [5.74, 6) is 0.306. The number of ether oxygens (including phenoxy) is 4. The number of hydrogen-bond donors (Lipinski definition) is 1. The Kier molecular flexibility index (Phi) is 8.06. The Labute approximate surface area is 239 Å². The standard InChI is InChI=1S/C30H38N4O7/c1-30(2,3)25-27(35)34-16-19(15-23(34)28(36)39-5)40-26-21(31-20-12-11-18(38-4)14-22(20)32-26)10-8-6-7-9-17-13-24(17)41-29(37)33-25/h6-7,11-12,14,17,19,23-25H,8-10,13,15-16H2,1-5H3,(H,33,37)/b7-6+/t17?,19-,23?,24-,25?/m1/s1. The van der Waals surface area contributed by atoms with Crippen molar-refractivity contribution >= 4 is 29.0 Å². The summed E-state index contributed by atoms with van der Waals surface area (Å²) in [6.45, 7) is 5.68. The molecule has 41 heavy (non-hydrogen) atoms. The monoisotopic (exact) mass is 566 g/mol. The number of aryl methyl sites for hydroxylation is 1. The number of fused-ring (bicyclic) bond motifs is 5. The highest BCUT2D eigenvalue weighted by Gasteiger charge is 2.47. The first-order chi connectivity index (χ1) is 19.6. The zero-order valence-electron chi connectivity index (χ0n) is 24.2. The molecule has 5 atom stereocenters. The van der Waals surface area contributed by atoms with Crippen LogP contribution >= 0.6 is 0 Å². The molecule has 11 heteroatoms. The van der Waals surface area contributed by atoms with Gasteiger partial charge in [-0.2, -0.15) is 0 Å². The van der Waals surface area contributed by atoms with E-state index in [0.29, 0.717) is 29.3 Å². The molecule has 2 fully saturated rings. The van der Waals surface area contributed by atoms with Crippen molar-refractivity contribution in [3.8, 4) is 11.6 Å². The molecule has 5 rings (SSSR count). The van der Waals surface area contributed by atoms with Crippen LogP contribution in [0.15, 0.2) is 30.4 Å². The van der Waals surface area contributed by atoms with Crippen molar-refractivity contribution in [1.82, 2.24) is 20.2 Å². The zero-order chi connectivity index (χ0) is 29.3. The number of aromatic nitrogens is 2. The van der Waals surface area contributed by atoms with Crippen LogP contribution < -0.4 is 14.8 Å². The summed E-state index contributed by atoms with van der Waals surface area (Å²) in [5, 5.41) is 2.78. The van der Waals surface area contributed by atoms with Gasteiger partial charge in [0.25, 0.3) is 0 Å².